The van der Waals surface area contributed by atoms with Gasteiger partial charge in [-0.15, -0.1) is 0 Å². The van der Waals surface area contributed by atoms with E-state index >= 15 is 0 Å². The molecule has 5 heteroatoms. The van der Waals surface area contributed by atoms with Crippen LogP contribution in [0.5, 0.6) is 6.01 Å². The highest BCUT2D eigenvalue weighted by Crippen LogP contribution is 2.22. The molecule has 0 aliphatic heterocycles. The third-order valence-electron chi connectivity index (χ3n) is 3.00. The monoisotopic (exact) mass is 248 g/mol. The summed E-state index contributed by atoms with van der Waals surface area (Å²) in [6, 6.07) is 3.86. The van der Waals surface area contributed by atoms with Gasteiger partial charge in [0.1, 0.15) is 11.3 Å². The number of hydrogen-bond donors (Lipinski definition) is 1. The average molecular weight is 248 g/mol. The van der Waals surface area contributed by atoms with Crippen LogP contribution in [0.3, 0.4) is 0 Å². The molecule has 2 aromatic rings. The Morgan fingerprint density at radius 1 is 1.22 bits per heavy atom. The molecule has 0 bridgehead atoms. The Hall–Kier alpha value is -1.78. The van der Waals surface area contributed by atoms with Crippen LogP contribution in [0.2, 0.25) is 0 Å². The van der Waals surface area contributed by atoms with Gasteiger partial charge in [-0.05, 0) is 18.6 Å². The molecule has 0 fully saturated rings. The topological polar surface area (TPSA) is 54.2 Å². The maximum absolute atomic E-state index is 9.86. The van der Waals surface area contributed by atoms with Gasteiger partial charge in [-0.1, -0.05) is 19.8 Å². The summed E-state index contributed by atoms with van der Waals surface area (Å²) in [6.07, 6.45) is 3.33. The van der Waals surface area contributed by atoms with Crippen LogP contribution in [0.25, 0.3) is 11.2 Å². The lowest BCUT2D eigenvalue weighted by Crippen LogP contribution is -2.11. The smallest absolute Gasteiger partial charge is 0.296 e. The van der Waals surface area contributed by atoms with Gasteiger partial charge in [0.05, 0.1) is 0 Å². The van der Waals surface area contributed by atoms with E-state index in [1.54, 1.807) is 4.57 Å². The number of aryl methyl sites for hydroxylation is 1. The van der Waals surface area contributed by atoms with Crippen molar-refractivity contribution in [2.24, 2.45) is 0 Å². The molecule has 0 saturated carbocycles. The minimum absolute atomic E-state index is 0.0597. The maximum atomic E-state index is 9.86. The lowest BCUT2D eigenvalue weighted by molar-refractivity contribution is 0.397. The normalized spacial score (nSPS) is 11.1. The van der Waals surface area contributed by atoms with Crippen molar-refractivity contribution in [3.63, 3.8) is 0 Å². The number of pyridine rings is 1. The van der Waals surface area contributed by atoms with Crippen LogP contribution in [0.15, 0.2) is 12.1 Å². The molecule has 0 aliphatic carbocycles. The molecule has 5 nitrogen and oxygen atoms in total. The molecule has 0 atom stereocenters. The maximum Gasteiger partial charge on any atom is 0.296 e. The average Bonchev–Trinajstić information content (AvgIpc) is 2.65. The summed E-state index contributed by atoms with van der Waals surface area (Å²) in [5, 5.41) is 9.86. The number of rotatable bonds is 5. The van der Waals surface area contributed by atoms with E-state index in [0.29, 0.717) is 0 Å². The van der Waals surface area contributed by atoms with E-state index < -0.39 is 0 Å². The number of anilines is 1. The number of aromatic hydroxyl groups is 1. The quantitative estimate of drug-likeness (QED) is 0.825. The zero-order valence-electron chi connectivity index (χ0n) is 11.2. The summed E-state index contributed by atoms with van der Waals surface area (Å²) < 4.78 is 1.79. The molecule has 2 heterocycles. The molecule has 18 heavy (non-hydrogen) atoms. The van der Waals surface area contributed by atoms with Crippen LogP contribution in [-0.4, -0.2) is 33.7 Å². The fourth-order valence-electron chi connectivity index (χ4n) is 1.95. The van der Waals surface area contributed by atoms with Gasteiger partial charge >= 0.3 is 0 Å². The Labute approximate surface area is 107 Å². The van der Waals surface area contributed by atoms with Gasteiger partial charge in [0, 0.05) is 20.6 Å². The number of aromatic nitrogens is 3. The molecule has 0 saturated heterocycles. The van der Waals surface area contributed by atoms with Crippen molar-refractivity contribution in [3.05, 3.63) is 12.1 Å². The Balaban J connectivity index is 2.37. The van der Waals surface area contributed by atoms with E-state index in [2.05, 4.69) is 16.9 Å². The SMILES string of the molecule is CCCCCn1c(O)nc2ccc(N(C)C)nc21. The van der Waals surface area contributed by atoms with Crippen LogP contribution in [0.4, 0.5) is 5.82 Å². The number of imidazole rings is 1. The molecule has 98 valence electrons. The van der Waals surface area contributed by atoms with E-state index in [4.69, 9.17) is 0 Å². The van der Waals surface area contributed by atoms with Crippen molar-refractivity contribution in [1.29, 1.82) is 0 Å². The molecule has 2 rings (SSSR count). The van der Waals surface area contributed by atoms with Crippen LogP contribution in [0, 0.1) is 0 Å². The van der Waals surface area contributed by atoms with Gasteiger partial charge in [0.15, 0.2) is 5.65 Å². The lowest BCUT2D eigenvalue weighted by Gasteiger charge is -2.11. The number of nitrogens with zero attached hydrogens (tertiary/aromatic N) is 4. The van der Waals surface area contributed by atoms with Gasteiger partial charge in [-0.3, -0.25) is 4.57 Å². The summed E-state index contributed by atoms with van der Waals surface area (Å²) in [4.78, 5) is 10.6. The molecule has 1 N–H and O–H groups in total. The fraction of sp³-hybridized carbons (Fsp3) is 0.538. The Bertz CT molecular complexity index is 533. The van der Waals surface area contributed by atoms with Crippen molar-refractivity contribution in [3.8, 4) is 6.01 Å². The van der Waals surface area contributed by atoms with E-state index in [1.165, 1.54) is 0 Å². The summed E-state index contributed by atoms with van der Waals surface area (Å²) in [7, 11) is 3.90. The van der Waals surface area contributed by atoms with Crippen molar-refractivity contribution in [1.82, 2.24) is 14.5 Å². The number of hydrogen-bond acceptors (Lipinski definition) is 4. The Kier molecular flexibility index (Phi) is 3.69. The van der Waals surface area contributed by atoms with E-state index in [1.807, 2.05) is 31.1 Å². The zero-order chi connectivity index (χ0) is 13.1. The van der Waals surface area contributed by atoms with Gasteiger partial charge in [-0.2, -0.15) is 4.98 Å². The first-order chi connectivity index (χ1) is 8.63. The van der Waals surface area contributed by atoms with Crippen molar-refractivity contribution in [2.45, 2.75) is 32.7 Å². The summed E-state index contributed by atoms with van der Waals surface area (Å²) in [5.41, 5.74) is 1.50. The highest BCUT2D eigenvalue weighted by molar-refractivity contribution is 5.74. The summed E-state index contributed by atoms with van der Waals surface area (Å²) in [6.45, 7) is 2.92. The first-order valence-electron chi connectivity index (χ1n) is 6.37. The molecule has 0 aromatic carbocycles. The molecule has 0 unspecified atom stereocenters. The molecule has 0 spiro atoms. The van der Waals surface area contributed by atoms with Crippen LogP contribution < -0.4 is 4.90 Å². The minimum atomic E-state index is 0.0597. The second kappa shape index (κ2) is 5.25. The minimum Gasteiger partial charge on any atom is -0.480 e. The molecule has 0 radical (unpaired) electrons. The second-order valence-corrected chi connectivity index (χ2v) is 4.68. The standard InChI is InChI=1S/C13H20N4O/c1-4-5-6-9-17-12-10(14-13(17)18)7-8-11(15-12)16(2)3/h7-8H,4-6,9H2,1-3H3,(H,14,18). The third kappa shape index (κ3) is 2.39. The van der Waals surface area contributed by atoms with Crippen molar-refractivity contribution in [2.75, 3.05) is 19.0 Å². The van der Waals surface area contributed by atoms with E-state index in [9.17, 15) is 5.11 Å². The third-order valence-corrected chi connectivity index (χ3v) is 3.00. The zero-order valence-corrected chi connectivity index (χ0v) is 11.2. The van der Waals surface area contributed by atoms with Crippen LogP contribution in [0.1, 0.15) is 26.2 Å². The summed E-state index contributed by atoms with van der Waals surface area (Å²) >= 11 is 0. The highest BCUT2D eigenvalue weighted by Gasteiger charge is 2.11. The van der Waals surface area contributed by atoms with Gasteiger partial charge < -0.3 is 10.0 Å². The second-order valence-electron chi connectivity index (χ2n) is 4.68. The lowest BCUT2D eigenvalue weighted by atomic mass is 10.2. The van der Waals surface area contributed by atoms with Gasteiger partial charge in [0.2, 0.25) is 0 Å². The molecule has 0 aliphatic rings. The first-order valence-corrected chi connectivity index (χ1v) is 6.37. The Morgan fingerprint density at radius 2 is 2.00 bits per heavy atom. The van der Waals surface area contributed by atoms with Crippen molar-refractivity contribution < 1.29 is 5.11 Å². The first kappa shape index (κ1) is 12.7. The number of unbranched alkanes of at least 4 members (excludes halogenated alkanes) is 2. The van der Waals surface area contributed by atoms with Crippen molar-refractivity contribution >= 4 is 17.0 Å². The van der Waals surface area contributed by atoms with Crippen LogP contribution >= 0.6 is 0 Å². The number of fused-ring (bicyclic) bond motifs is 1. The molecular weight excluding hydrogens is 228 g/mol. The van der Waals surface area contributed by atoms with Gasteiger partial charge in [-0.25, -0.2) is 4.98 Å². The van der Waals surface area contributed by atoms with Gasteiger partial charge in [0.25, 0.3) is 6.01 Å². The Morgan fingerprint density at radius 3 is 2.67 bits per heavy atom. The predicted molar refractivity (Wildman–Crippen MR) is 73.0 cm³/mol. The molecule has 2 aromatic heterocycles. The summed E-state index contributed by atoms with van der Waals surface area (Å²) in [5.74, 6) is 0.874. The molecular formula is C13H20N4O. The highest BCUT2D eigenvalue weighted by atomic mass is 16.3. The molecule has 0 amide bonds. The van der Waals surface area contributed by atoms with Crippen LogP contribution in [-0.2, 0) is 6.54 Å². The van der Waals surface area contributed by atoms with E-state index in [0.717, 1.165) is 42.8 Å². The van der Waals surface area contributed by atoms with E-state index in [-0.39, 0.29) is 6.01 Å². The predicted octanol–water partition coefficient (Wildman–Crippen LogP) is 2.39. The fourth-order valence-corrected chi connectivity index (χ4v) is 1.95. The largest absolute Gasteiger partial charge is 0.480 e.